The largest absolute Gasteiger partial charge is 0.299 e. The van der Waals surface area contributed by atoms with E-state index in [-0.39, 0.29) is 29.4 Å². The van der Waals surface area contributed by atoms with Crippen molar-refractivity contribution in [2.45, 2.75) is 40.0 Å². The van der Waals surface area contributed by atoms with Gasteiger partial charge in [0.05, 0.1) is 17.7 Å². The van der Waals surface area contributed by atoms with Gasteiger partial charge >= 0.3 is 0 Å². The van der Waals surface area contributed by atoms with Crippen molar-refractivity contribution in [3.8, 4) is 6.07 Å². The third-order valence-electron chi connectivity index (χ3n) is 5.79. The van der Waals surface area contributed by atoms with E-state index in [1.54, 1.807) is 6.92 Å². The molecule has 2 aliphatic carbocycles. The molecule has 0 unspecified atom stereocenters. The summed E-state index contributed by atoms with van der Waals surface area (Å²) in [4.78, 5) is 12.4. The second-order valence-corrected chi connectivity index (χ2v) is 9.31. The topological polar surface area (TPSA) is 78.2 Å². The minimum atomic E-state index is -3.54. The van der Waals surface area contributed by atoms with E-state index < -0.39 is 15.4 Å². The third kappa shape index (κ3) is 2.40. The summed E-state index contributed by atoms with van der Waals surface area (Å²) in [5.41, 5.74) is -0.987. The predicted octanol–water partition coefficient (Wildman–Crippen LogP) is 1.80. The molecule has 6 heteroatoms. The summed E-state index contributed by atoms with van der Waals surface area (Å²) in [7, 11) is -2.04. The van der Waals surface area contributed by atoms with Gasteiger partial charge in [-0.15, -0.1) is 0 Å². The van der Waals surface area contributed by atoms with Crippen LogP contribution in [0.25, 0.3) is 0 Å². The lowest BCUT2D eigenvalue weighted by Gasteiger charge is -2.37. The SMILES string of the molecule is C[C@@H](C#N)CN(C)S(=O)(=O)C[C@@]12CC[C@@H](CC1=O)C2(C)C. The van der Waals surface area contributed by atoms with Crippen molar-refractivity contribution >= 4 is 15.8 Å². The van der Waals surface area contributed by atoms with E-state index in [9.17, 15) is 13.2 Å². The van der Waals surface area contributed by atoms with Crippen molar-refractivity contribution in [2.24, 2.45) is 22.7 Å². The highest BCUT2D eigenvalue weighted by molar-refractivity contribution is 7.89. The Morgan fingerprint density at radius 2 is 2.10 bits per heavy atom. The monoisotopic (exact) mass is 312 g/mol. The Labute approximate surface area is 127 Å². The average molecular weight is 312 g/mol. The maximum atomic E-state index is 12.6. The molecular formula is C15H24N2O3S. The maximum Gasteiger partial charge on any atom is 0.214 e. The first-order chi connectivity index (χ1) is 9.57. The Morgan fingerprint density at radius 3 is 2.52 bits per heavy atom. The second kappa shape index (κ2) is 5.06. The van der Waals surface area contributed by atoms with Crippen molar-refractivity contribution in [2.75, 3.05) is 19.3 Å². The van der Waals surface area contributed by atoms with E-state index in [0.29, 0.717) is 18.8 Å². The number of carbonyl (C=O) groups excluding carboxylic acids is 1. The van der Waals surface area contributed by atoms with E-state index in [4.69, 9.17) is 5.26 Å². The van der Waals surface area contributed by atoms with Crippen LogP contribution in [-0.2, 0) is 14.8 Å². The normalized spacial score (nSPS) is 32.4. The fourth-order valence-corrected chi connectivity index (χ4v) is 6.04. The van der Waals surface area contributed by atoms with Crippen LogP contribution in [0.2, 0.25) is 0 Å². The summed E-state index contributed by atoms with van der Waals surface area (Å²) in [5.74, 6) is -0.0553. The number of sulfonamides is 1. The number of carbonyl (C=O) groups is 1. The fourth-order valence-electron chi connectivity index (χ4n) is 4.07. The molecule has 0 aliphatic heterocycles. The van der Waals surface area contributed by atoms with E-state index in [1.165, 1.54) is 11.4 Å². The Kier molecular flexibility index (Phi) is 3.96. The number of ketones is 1. The van der Waals surface area contributed by atoms with Crippen molar-refractivity contribution in [3.63, 3.8) is 0 Å². The van der Waals surface area contributed by atoms with Crippen molar-refractivity contribution in [1.29, 1.82) is 5.26 Å². The van der Waals surface area contributed by atoms with Crippen molar-refractivity contribution in [3.05, 3.63) is 0 Å². The molecule has 2 fully saturated rings. The van der Waals surface area contributed by atoms with Gasteiger partial charge in [-0.3, -0.25) is 4.79 Å². The van der Waals surface area contributed by atoms with Crippen molar-refractivity contribution in [1.82, 2.24) is 4.31 Å². The van der Waals surface area contributed by atoms with Gasteiger partial charge in [0, 0.05) is 25.4 Å². The number of rotatable bonds is 5. The van der Waals surface area contributed by atoms with Gasteiger partial charge in [-0.05, 0) is 31.1 Å². The standard InChI is InChI=1S/C15H24N2O3S/c1-11(8-16)9-17(4)21(19,20)10-15-6-5-12(7-13(15)18)14(15,2)3/h11-12H,5-7,9-10H2,1-4H3/t11-,12-,15-/m0/s1. The number of nitriles is 1. The molecule has 0 aromatic rings. The number of fused-ring (bicyclic) bond motifs is 2. The number of nitrogens with zero attached hydrogens (tertiary/aromatic N) is 2. The van der Waals surface area contributed by atoms with Gasteiger partial charge in [-0.25, -0.2) is 12.7 Å². The van der Waals surface area contributed by atoms with Crippen LogP contribution in [-0.4, -0.2) is 37.9 Å². The van der Waals surface area contributed by atoms with Gasteiger partial charge < -0.3 is 0 Å². The molecule has 3 atom stereocenters. The van der Waals surface area contributed by atoms with Crippen LogP contribution >= 0.6 is 0 Å². The summed E-state index contributed by atoms with van der Waals surface area (Å²) in [6.07, 6.45) is 2.12. The Morgan fingerprint density at radius 1 is 1.48 bits per heavy atom. The lowest BCUT2D eigenvalue weighted by molar-refractivity contribution is -0.128. The summed E-state index contributed by atoms with van der Waals surface area (Å²) in [6, 6.07) is 2.05. The zero-order chi connectivity index (χ0) is 16.1. The van der Waals surface area contributed by atoms with Crippen LogP contribution in [0.1, 0.15) is 40.0 Å². The first-order valence-corrected chi connectivity index (χ1v) is 9.05. The van der Waals surface area contributed by atoms with Crippen LogP contribution in [0.15, 0.2) is 0 Å². The highest BCUT2D eigenvalue weighted by atomic mass is 32.2. The number of hydrogen-bond acceptors (Lipinski definition) is 4. The first-order valence-electron chi connectivity index (χ1n) is 7.44. The molecule has 2 saturated carbocycles. The molecule has 0 spiro atoms. The number of hydrogen-bond donors (Lipinski definition) is 0. The van der Waals surface area contributed by atoms with Crippen LogP contribution in [0.5, 0.6) is 0 Å². The van der Waals surface area contributed by atoms with Crippen LogP contribution in [0.3, 0.4) is 0 Å². The summed E-state index contributed by atoms with van der Waals surface area (Å²) >= 11 is 0. The highest BCUT2D eigenvalue weighted by Crippen LogP contribution is 2.64. The molecule has 118 valence electrons. The first kappa shape index (κ1) is 16.4. The average Bonchev–Trinajstić information content (AvgIpc) is 2.71. The van der Waals surface area contributed by atoms with Gasteiger partial charge in [0.25, 0.3) is 0 Å². The highest BCUT2D eigenvalue weighted by Gasteiger charge is 2.65. The minimum absolute atomic E-state index is 0.106. The molecule has 21 heavy (non-hydrogen) atoms. The predicted molar refractivity (Wildman–Crippen MR) is 79.8 cm³/mol. The summed E-state index contributed by atoms with van der Waals surface area (Å²) in [5, 5.41) is 8.84. The molecule has 0 heterocycles. The minimum Gasteiger partial charge on any atom is -0.299 e. The smallest absolute Gasteiger partial charge is 0.214 e. The third-order valence-corrected chi connectivity index (χ3v) is 7.75. The van der Waals surface area contributed by atoms with E-state index in [0.717, 1.165) is 6.42 Å². The molecule has 0 aromatic heterocycles. The van der Waals surface area contributed by atoms with Gasteiger partial charge in [0.2, 0.25) is 10.0 Å². The van der Waals surface area contributed by atoms with Crippen molar-refractivity contribution < 1.29 is 13.2 Å². The van der Waals surface area contributed by atoms with Gasteiger partial charge in [-0.1, -0.05) is 13.8 Å². The molecule has 0 aromatic carbocycles. The molecule has 2 rings (SSSR count). The molecule has 2 aliphatic rings. The zero-order valence-corrected chi connectivity index (χ0v) is 14.0. The Bertz CT molecular complexity index is 591. The van der Waals surface area contributed by atoms with Gasteiger partial charge in [0.1, 0.15) is 5.78 Å². The lowest BCUT2D eigenvalue weighted by atomic mass is 9.70. The zero-order valence-electron chi connectivity index (χ0n) is 13.2. The Balaban J connectivity index is 2.24. The van der Waals surface area contributed by atoms with Crippen LogP contribution < -0.4 is 0 Å². The van der Waals surface area contributed by atoms with Crippen LogP contribution in [0, 0.1) is 34.0 Å². The molecule has 0 saturated heterocycles. The van der Waals surface area contributed by atoms with E-state index in [2.05, 4.69) is 0 Å². The molecule has 0 N–H and O–H groups in total. The van der Waals surface area contributed by atoms with Gasteiger partial charge in [-0.2, -0.15) is 5.26 Å². The van der Waals surface area contributed by atoms with Gasteiger partial charge in [0.15, 0.2) is 0 Å². The molecule has 0 amide bonds. The van der Waals surface area contributed by atoms with E-state index >= 15 is 0 Å². The van der Waals surface area contributed by atoms with E-state index in [1.807, 2.05) is 19.9 Å². The molecule has 2 bridgehead atoms. The molecular weight excluding hydrogens is 288 g/mol. The quantitative estimate of drug-likeness (QED) is 0.775. The second-order valence-electron chi connectivity index (χ2n) is 7.23. The molecule has 5 nitrogen and oxygen atoms in total. The number of Topliss-reactive ketones (excluding diaryl/α,β-unsaturated/α-hetero) is 1. The van der Waals surface area contributed by atoms with Crippen LogP contribution in [0.4, 0.5) is 0 Å². The molecule has 0 radical (unpaired) electrons. The summed E-state index contributed by atoms with van der Waals surface area (Å²) < 4.78 is 26.5. The fraction of sp³-hybridized carbons (Fsp3) is 0.867. The Hall–Kier alpha value is -0.930. The summed E-state index contributed by atoms with van der Waals surface area (Å²) in [6.45, 7) is 5.93. The lowest BCUT2D eigenvalue weighted by Crippen LogP contribution is -2.46. The maximum absolute atomic E-state index is 12.6.